The highest BCUT2D eigenvalue weighted by Gasteiger charge is 2.14. The van der Waals surface area contributed by atoms with Crippen LogP contribution in [0.2, 0.25) is 0 Å². The molecule has 4 amide bonds. The van der Waals surface area contributed by atoms with Gasteiger partial charge in [0.05, 0.1) is 6.54 Å². The zero-order chi connectivity index (χ0) is 9.68. The fraction of sp³-hybridized carbons (Fsp3) is 0.571. The zero-order valence-electron chi connectivity index (χ0n) is 7.05. The first-order valence-electron chi connectivity index (χ1n) is 4.03. The first kappa shape index (κ1) is 9.50. The molecule has 0 aromatic rings. The van der Waals surface area contributed by atoms with Crippen LogP contribution in [0.4, 0.5) is 4.79 Å². The van der Waals surface area contributed by atoms with Crippen molar-refractivity contribution in [3.05, 3.63) is 0 Å². The van der Waals surface area contributed by atoms with Crippen LogP contribution in [0.15, 0.2) is 0 Å². The maximum Gasteiger partial charge on any atom is 0.321 e. The van der Waals surface area contributed by atoms with Gasteiger partial charge >= 0.3 is 6.03 Å². The molecule has 6 nitrogen and oxygen atoms in total. The number of amides is 4. The number of imide groups is 1. The maximum absolute atomic E-state index is 10.1. The second-order valence-corrected chi connectivity index (χ2v) is 2.68. The zero-order valence-corrected chi connectivity index (χ0v) is 7.05. The summed E-state index contributed by atoms with van der Waals surface area (Å²) in [5.41, 5.74) is 0. The van der Waals surface area contributed by atoms with Gasteiger partial charge in [0.15, 0.2) is 0 Å². The molecule has 0 aromatic heterocycles. The lowest BCUT2D eigenvalue weighted by Gasteiger charge is -1.80. The molecule has 6 heteroatoms. The summed E-state index contributed by atoms with van der Waals surface area (Å²) >= 11 is 0. The Balaban J connectivity index is 0.000000132. The Bertz CT molecular complexity index is 217. The molecule has 2 saturated heterocycles. The average Bonchev–Trinajstić information content (AvgIpc) is 2.64. The van der Waals surface area contributed by atoms with Crippen molar-refractivity contribution in [2.24, 2.45) is 0 Å². The van der Waals surface area contributed by atoms with Crippen LogP contribution in [-0.4, -0.2) is 30.9 Å². The van der Waals surface area contributed by atoms with Gasteiger partial charge in [0, 0.05) is 13.0 Å². The Hall–Kier alpha value is -1.59. The summed E-state index contributed by atoms with van der Waals surface area (Å²) in [6, 6.07) is -0.398. The van der Waals surface area contributed by atoms with Crippen LogP contribution in [0.25, 0.3) is 0 Å². The smallest absolute Gasteiger partial charge is 0.321 e. The molecule has 2 aliphatic rings. The van der Waals surface area contributed by atoms with E-state index in [0.717, 1.165) is 19.4 Å². The number of carbonyl (C=O) groups excluding carboxylic acids is 3. The number of carbonyl (C=O) groups is 3. The van der Waals surface area contributed by atoms with Crippen molar-refractivity contribution >= 4 is 17.8 Å². The highest BCUT2D eigenvalue weighted by atomic mass is 16.2. The van der Waals surface area contributed by atoms with Crippen LogP contribution in [0, 0.1) is 0 Å². The van der Waals surface area contributed by atoms with E-state index < -0.39 is 6.03 Å². The van der Waals surface area contributed by atoms with E-state index in [1.54, 1.807) is 0 Å². The van der Waals surface area contributed by atoms with Gasteiger partial charge < -0.3 is 10.6 Å². The van der Waals surface area contributed by atoms with Crippen molar-refractivity contribution in [3.8, 4) is 0 Å². The fourth-order valence-corrected chi connectivity index (χ4v) is 0.941. The maximum atomic E-state index is 10.1. The van der Waals surface area contributed by atoms with Gasteiger partial charge in [0.1, 0.15) is 0 Å². The van der Waals surface area contributed by atoms with Crippen molar-refractivity contribution in [1.29, 1.82) is 0 Å². The molecule has 0 saturated carbocycles. The number of urea groups is 1. The van der Waals surface area contributed by atoms with Gasteiger partial charge in [-0.3, -0.25) is 14.9 Å². The minimum atomic E-state index is -0.398. The molecule has 0 radical (unpaired) electrons. The van der Waals surface area contributed by atoms with Crippen molar-refractivity contribution in [1.82, 2.24) is 16.0 Å². The van der Waals surface area contributed by atoms with Crippen LogP contribution in [0.1, 0.15) is 12.8 Å². The minimum absolute atomic E-state index is 0.124. The summed E-state index contributed by atoms with van der Waals surface area (Å²) in [6.07, 6.45) is 1.76. The van der Waals surface area contributed by atoms with Crippen molar-refractivity contribution in [3.63, 3.8) is 0 Å². The summed E-state index contributed by atoms with van der Waals surface area (Å²) in [4.78, 5) is 30.2. The molecule has 0 aliphatic carbocycles. The lowest BCUT2D eigenvalue weighted by molar-refractivity contribution is -0.119. The quantitative estimate of drug-likeness (QED) is 0.411. The Morgan fingerprint density at radius 3 is 1.92 bits per heavy atom. The highest BCUT2D eigenvalue weighted by molar-refractivity contribution is 6.01. The molecule has 2 aliphatic heterocycles. The Kier molecular flexibility index (Phi) is 3.24. The third kappa shape index (κ3) is 3.55. The van der Waals surface area contributed by atoms with Gasteiger partial charge in [0.25, 0.3) is 0 Å². The SMILES string of the molecule is O=C1CCCN1.O=C1CNC(=O)N1. The fourth-order valence-electron chi connectivity index (χ4n) is 0.941. The van der Waals surface area contributed by atoms with Crippen LogP contribution >= 0.6 is 0 Å². The molecular formula is C7H11N3O3. The average molecular weight is 185 g/mol. The normalized spacial score (nSPS) is 19.8. The van der Waals surface area contributed by atoms with Crippen LogP contribution < -0.4 is 16.0 Å². The van der Waals surface area contributed by atoms with E-state index in [2.05, 4.69) is 10.6 Å². The third-order valence-electron chi connectivity index (χ3n) is 1.57. The van der Waals surface area contributed by atoms with Crippen molar-refractivity contribution < 1.29 is 14.4 Å². The topological polar surface area (TPSA) is 87.3 Å². The van der Waals surface area contributed by atoms with E-state index in [-0.39, 0.29) is 18.4 Å². The molecule has 13 heavy (non-hydrogen) atoms. The summed E-state index contributed by atoms with van der Waals surface area (Å²) in [7, 11) is 0. The molecular weight excluding hydrogens is 174 g/mol. The molecule has 0 aromatic carbocycles. The van der Waals surface area contributed by atoms with E-state index in [1.165, 1.54) is 0 Å². The van der Waals surface area contributed by atoms with E-state index in [9.17, 15) is 14.4 Å². The van der Waals surface area contributed by atoms with Gasteiger partial charge in [-0.25, -0.2) is 4.79 Å². The van der Waals surface area contributed by atoms with Crippen molar-refractivity contribution in [2.45, 2.75) is 12.8 Å². The van der Waals surface area contributed by atoms with Gasteiger partial charge in [-0.15, -0.1) is 0 Å². The van der Waals surface area contributed by atoms with Crippen LogP contribution in [0.3, 0.4) is 0 Å². The first-order valence-corrected chi connectivity index (χ1v) is 4.03. The second-order valence-electron chi connectivity index (χ2n) is 2.68. The third-order valence-corrected chi connectivity index (χ3v) is 1.57. The number of nitrogens with one attached hydrogen (secondary N) is 3. The predicted molar refractivity (Wildman–Crippen MR) is 43.8 cm³/mol. The number of rotatable bonds is 0. The second kappa shape index (κ2) is 4.44. The molecule has 72 valence electrons. The van der Waals surface area contributed by atoms with E-state index in [1.807, 2.05) is 5.32 Å². The number of hydrogen-bond donors (Lipinski definition) is 3. The van der Waals surface area contributed by atoms with Gasteiger partial charge in [-0.05, 0) is 6.42 Å². The molecule has 2 fully saturated rings. The Labute approximate surface area is 75.1 Å². The van der Waals surface area contributed by atoms with Crippen LogP contribution in [0.5, 0.6) is 0 Å². The lowest BCUT2D eigenvalue weighted by atomic mass is 10.4. The molecule has 0 atom stereocenters. The Morgan fingerprint density at radius 2 is 1.77 bits per heavy atom. The number of hydrogen-bond acceptors (Lipinski definition) is 3. The van der Waals surface area contributed by atoms with Gasteiger partial charge in [-0.1, -0.05) is 0 Å². The molecule has 3 N–H and O–H groups in total. The molecule has 0 unspecified atom stereocenters. The van der Waals surface area contributed by atoms with Crippen molar-refractivity contribution in [2.75, 3.05) is 13.1 Å². The van der Waals surface area contributed by atoms with E-state index in [0.29, 0.717) is 0 Å². The first-order chi connectivity index (χ1) is 6.18. The summed E-state index contributed by atoms with van der Waals surface area (Å²) in [5, 5.41) is 6.98. The van der Waals surface area contributed by atoms with Gasteiger partial charge in [-0.2, -0.15) is 0 Å². The van der Waals surface area contributed by atoms with E-state index in [4.69, 9.17) is 0 Å². The van der Waals surface area contributed by atoms with Gasteiger partial charge in [0.2, 0.25) is 11.8 Å². The molecule has 2 rings (SSSR count). The predicted octanol–water partition coefficient (Wildman–Crippen LogP) is -1.28. The highest BCUT2D eigenvalue weighted by Crippen LogP contribution is 1.93. The minimum Gasteiger partial charge on any atom is -0.356 e. The lowest BCUT2D eigenvalue weighted by Crippen LogP contribution is -2.22. The van der Waals surface area contributed by atoms with Crippen LogP contribution in [-0.2, 0) is 9.59 Å². The standard InChI is InChI=1S/C4H7NO.C3H4N2O2/c6-4-2-1-3-5-4;6-2-1-4-3(7)5-2/h1-3H2,(H,5,6);1H2,(H2,4,5,6,7). The largest absolute Gasteiger partial charge is 0.356 e. The summed E-state index contributed by atoms with van der Waals surface area (Å²) in [5.74, 6) is -0.0556. The molecule has 2 heterocycles. The summed E-state index contributed by atoms with van der Waals surface area (Å²) < 4.78 is 0. The molecule has 0 bridgehead atoms. The molecule has 0 spiro atoms. The van der Waals surface area contributed by atoms with E-state index >= 15 is 0 Å². The summed E-state index contributed by atoms with van der Waals surface area (Å²) in [6.45, 7) is 1.01. The Morgan fingerprint density at radius 1 is 1.00 bits per heavy atom. The monoisotopic (exact) mass is 185 g/mol.